The lowest BCUT2D eigenvalue weighted by atomic mass is 9.53. The van der Waals surface area contributed by atoms with Gasteiger partial charge in [0.05, 0.1) is 0 Å². The van der Waals surface area contributed by atoms with E-state index in [1.54, 1.807) is 13.0 Å². The van der Waals surface area contributed by atoms with Gasteiger partial charge in [0, 0.05) is 24.8 Å². The highest BCUT2D eigenvalue weighted by molar-refractivity contribution is 6.58. The summed E-state index contributed by atoms with van der Waals surface area (Å²) >= 11 is 0. The molecule has 192 valence electrons. The third-order valence-electron chi connectivity index (χ3n) is 9.47. The normalized spacial score (nSPS) is 30.1. The molecule has 3 unspecified atom stereocenters. The van der Waals surface area contributed by atoms with Crippen LogP contribution in [0.1, 0.15) is 74.5 Å². The Balaban J connectivity index is 1.27. The van der Waals surface area contributed by atoms with Gasteiger partial charge in [0.1, 0.15) is 0 Å². The number of hydrogen-bond donors (Lipinski definition) is 3. The Morgan fingerprint density at radius 3 is 2.67 bits per heavy atom. The number of benzene rings is 2. The zero-order chi connectivity index (χ0) is 25.5. The summed E-state index contributed by atoms with van der Waals surface area (Å²) in [5, 5.41) is 22.1. The molecule has 0 heterocycles. The molecule has 1 amide bonds. The Labute approximate surface area is 212 Å². The third-order valence-corrected chi connectivity index (χ3v) is 9.47. The summed E-state index contributed by atoms with van der Waals surface area (Å²) in [4.78, 5) is 12.4. The van der Waals surface area contributed by atoms with Crippen LogP contribution in [0.25, 0.3) is 0 Å². The molecular formula is C29H36BF2NO3. The maximum Gasteiger partial charge on any atom is 0.488 e. The maximum atomic E-state index is 15.5. The molecule has 2 aromatic carbocycles. The van der Waals surface area contributed by atoms with Crippen molar-refractivity contribution in [1.29, 1.82) is 0 Å². The minimum atomic E-state index is -2.69. The summed E-state index contributed by atoms with van der Waals surface area (Å²) < 4.78 is 30.9. The smallest absolute Gasteiger partial charge is 0.423 e. The van der Waals surface area contributed by atoms with Gasteiger partial charge in [0.15, 0.2) is 0 Å². The van der Waals surface area contributed by atoms with Crippen molar-refractivity contribution in [1.82, 2.24) is 5.32 Å². The van der Waals surface area contributed by atoms with E-state index in [1.165, 1.54) is 5.56 Å². The van der Waals surface area contributed by atoms with Crippen LogP contribution in [0.3, 0.4) is 0 Å². The monoisotopic (exact) mass is 495 g/mol. The molecule has 2 aromatic rings. The molecule has 4 nitrogen and oxygen atoms in total. The highest BCUT2D eigenvalue weighted by atomic mass is 19.3. The molecule has 0 spiro atoms. The van der Waals surface area contributed by atoms with E-state index in [2.05, 4.69) is 5.32 Å². The molecule has 3 aliphatic rings. The largest absolute Gasteiger partial charge is 0.488 e. The summed E-state index contributed by atoms with van der Waals surface area (Å²) in [5.41, 5.74) is 2.87. The van der Waals surface area contributed by atoms with Crippen LogP contribution in [0, 0.1) is 23.2 Å². The second kappa shape index (κ2) is 9.90. The SMILES string of the molecule is C[C@]12CCC3c4ccc(B(O)O)cc4CCC3C1[C@@H](CCCC(=O)NCc1ccccc1)CC2(F)F. The first kappa shape index (κ1) is 25.4. The van der Waals surface area contributed by atoms with Gasteiger partial charge in [-0.15, -0.1) is 0 Å². The molecule has 0 bridgehead atoms. The quantitative estimate of drug-likeness (QED) is 0.493. The van der Waals surface area contributed by atoms with Crippen molar-refractivity contribution in [2.45, 2.75) is 76.7 Å². The Morgan fingerprint density at radius 2 is 1.92 bits per heavy atom. The number of amides is 1. The average Bonchev–Trinajstić information content (AvgIpc) is 3.07. The molecule has 0 saturated heterocycles. The van der Waals surface area contributed by atoms with Crippen molar-refractivity contribution in [2.24, 2.45) is 23.2 Å². The van der Waals surface area contributed by atoms with Crippen LogP contribution in [0.2, 0.25) is 0 Å². The van der Waals surface area contributed by atoms with Crippen LogP contribution < -0.4 is 10.8 Å². The van der Waals surface area contributed by atoms with Crippen LogP contribution >= 0.6 is 0 Å². The summed E-state index contributed by atoms with van der Waals surface area (Å²) in [7, 11) is -1.49. The molecule has 3 aliphatic carbocycles. The van der Waals surface area contributed by atoms with Gasteiger partial charge in [0.2, 0.25) is 5.91 Å². The Bertz CT molecular complexity index is 1100. The van der Waals surface area contributed by atoms with E-state index in [9.17, 15) is 14.8 Å². The van der Waals surface area contributed by atoms with E-state index in [4.69, 9.17) is 0 Å². The van der Waals surface area contributed by atoms with Gasteiger partial charge in [-0.2, -0.15) is 0 Å². The number of nitrogens with one attached hydrogen (secondary N) is 1. The topological polar surface area (TPSA) is 69.6 Å². The molecule has 0 aromatic heterocycles. The van der Waals surface area contributed by atoms with Crippen molar-refractivity contribution in [3.05, 3.63) is 65.2 Å². The van der Waals surface area contributed by atoms with Crippen molar-refractivity contribution in [3.8, 4) is 0 Å². The van der Waals surface area contributed by atoms with Crippen LogP contribution in [0.4, 0.5) is 8.78 Å². The zero-order valence-electron chi connectivity index (χ0n) is 20.9. The molecule has 5 rings (SSSR count). The van der Waals surface area contributed by atoms with Crippen molar-refractivity contribution in [2.75, 3.05) is 0 Å². The highest BCUT2D eigenvalue weighted by Crippen LogP contribution is 2.68. The van der Waals surface area contributed by atoms with E-state index < -0.39 is 18.5 Å². The second-order valence-corrected chi connectivity index (χ2v) is 11.4. The predicted octanol–water partition coefficient (Wildman–Crippen LogP) is 4.57. The van der Waals surface area contributed by atoms with Gasteiger partial charge in [-0.3, -0.25) is 4.79 Å². The molecule has 3 N–H and O–H groups in total. The third kappa shape index (κ3) is 4.61. The molecule has 36 heavy (non-hydrogen) atoms. The molecule has 2 saturated carbocycles. The van der Waals surface area contributed by atoms with Crippen LogP contribution in [0.5, 0.6) is 0 Å². The van der Waals surface area contributed by atoms with Crippen molar-refractivity contribution >= 4 is 18.5 Å². The van der Waals surface area contributed by atoms with Crippen LogP contribution in [0.15, 0.2) is 48.5 Å². The van der Waals surface area contributed by atoms with Crippen molar-refractivity contribution < 1.29 is 23.6 Å². The molecular weight excluding hydrogens is 459 g/mol. The van der Waals surface area contributed by atoms with Gasteiger partial charge in [-0.05, 0) is 84.3 Å². The van der Waals surface area contributed by atoms with E-state index in [-0.39, 0.29) is 36.0 Å². The minimum Gasteiger partial charge on any atom is -0.423 e. The fourth-order valence-corrected chi connectivity index (χ4v) is 7.69. The minimum absolute atomic E-state index is 0.0265. The molecule has 7 heteroatoms. The molecule has 0 radical (unpaired) electrons. The van der Waals surface area contributed by atoms with E-state index in [0.29, 0.717) is 37.7 Å². The standard InChI is InChI=1S/C29H36BF2NO3/c1-28-15-14-24-23-13-11-22(30(35)36)16-20(23)10-12-25(24)27(28)21(17-29(28,31)32)8-5-9-26(34)33-18-19-6-3-2-4-7-19/h2-4,6-7,11,13,16,21,24-25,27,35-36H,5,8-10,12,14-15,17-18H2,1H3,(H,33,34)/t21-,24?,25?,27?,28-/m0/s1. The first-order valence-corrected chi connectivity index (χ1v) is 13.4. The number of hydrogen-bond acceptors (Lipinski definition) is 3. The number of carbonyl (C=O) groups excluding carboxylic acids is 1. The summed E-state index contributed by atoms with van der Waals surface area (Å²) in [6.45, 7) is 2.29. The number of rotatable bonds is 7. The molecule has 0 aliphatic heterocycles. The number of aryl methyl sites for hydroxylation is 1. The zero-order valence-corrected chi connectivity index (χ0v) is 20.9. The highest BCUT2D eigenvalue weighted by Gasteiger charge is 2.67. The van der Waals surface area contributed by atoms with Crippen LogP contribution in [-0.2, 0) is 17.8 Å². The molecule has 2 fully saturated rings. The van der Waals surface area contributed by atoms with Gasteiger partial charge in [-0.1, -0.05) is 55.5 Å². The first-order valence-electron chi connectivity index (χ1n) is 13.4. The van der Waals surface area contributed by atoms with Gasteiger partial charge < -0.3 is 15.4 Å². The lowest BCUT2D eigenvalue weighted by Crippen LogP contribution is -2.47. The lowest BCUT2D eigenvalue weighted by Gasteiger charge is -2.51. The van der Waals surface area contributed by atoms with Crippen LogP contribution in [-0.4, -0.2) is 29.0 Å². The number of alkyl halides is 2. The van der Waals surface area contributed by atoms with E-state index in [0.717, 1.165) is 30.4 Å². The predicted molar refractivity (Wildman–Crippen MR) is 137 cm³/mol. The number of halogens is 2. The Hall–Kier alpha value is -2.25. The van der Waals surface area contributed by atoms with Gasteiger partial charge in [-0.25, -0.2) is 8.78 Å². The first-order chi connectivity index (χ1) is 17.2. The van der Waals surface area contributed by atoms with Gasteiger partial charge in [0.25, 0.3) is 5.92 Å². The molecule has 5 atom stereocenters. The van der Waals surface area contributed by atoms with Crippen molar-refractivity contribution in [3.63, 3.8) is 0 Å². The fraction of sp³-hybridized carbons (Fsp3) is 0.552. The van der Waals surface area contributed by atoms with E-state index in [1.807, 2.05) is 42.5 Å². The maximum absolute atomic E-state index is 15.5. The number of carbonyl (C=O) groups is 1. The Morgan fingerprint density at radius 1 is 1.14 bits per heavy atom. The van der Waals surface area contributed by atoms with Gasteiger partial charge >= 0.3 is 7.12 Å². The summed E-state index contributed by atoms with van der Waals surface area (Å²) in [6.07, 6.45) is 4.45. The summed E-state index contributed by atoms with van der Waals surface area (Å²) in [6, 6.07) is 15.4. The summed E-state index contributed by atoms with van der Waals surface area (Å²) in [5.74, 6) is -2.42. The lowest BCUT2D eigenvalue weighted by molar-refractivity contribution is -0.133. The fourth-order valence-electron chi connectivity index (χ4n) is 7.69. The Kier molecular flexibility index (Phi) is 6.99. The average molecular weight is 495 g/mol. The second-order valence-electron chi connectivity index (χ2n) is 11.4. The van der Waals surface area contributed by atoms with E-state index >= 15 is 8.78 Å². The number of fused-ring (bicyclic) bond motifs is 5.